The Labute approximate surface area is 153 Å². The van der Waals surface area contributed by atoms with Crippen molar-refractivity contribution in [2.45, 2.75) is 25.7 Å². The average Bonchev–Trinajstić information content (AvgIpc) is 2.58. The maximum atomic E-state index is 6.00. The molecule has 0 radical (unpaired) electrons. The smallest absolute Gasteiger partial charge is 0.188 e. The van der Waals surface area contributed by atoms with Crippen LogP contribution in [-0.2, 0) is 10.2 Å². The summed E-state index contributed by atoms with van der Waals surface area (Å²) in [6.07, 6.45) is 1.06. The molecule has 1 aliphatic heterocycles. The van der Waals surface area contributed by atoms with E-state index in [4.69, 9.17) is 10.5 Å². The van der Waals surface area contributed by atoms with Crippen LogP contribution in [0.1, 0.15) is 25.8 Å². The third-order valence-electron chi connectivity index (χ3n) is 4.31. The van der Waals surface area contributed by atoms with E-state index < -0.39 is 0 Å². The summed E-state index contributed by atoms with van der Waals surface area (Å²) in [6, 6.07) is 8.36. The molecule has 1 fully saturated rings. The number of hydrogen-bond donors (Lipinski definition) is 2. The molecule has 0 aromatic heterocycles. The van der Waals surface area contributed by atoms with Gasteiger partial charge >= 0.3 is 0 Å². The van der Waals surface area contributed by atoms with Crippen molar-refractivity contribution in [3.8, 4) is 0 Å². The van der Waals surface area contributed by atoms with E-state index in [0.717, 1.165) is 50.3 Å². The maximum absolute atomic E-state index is 6.00. The SMILES string of the molecule is CC(C)(CN=C(N)NCCCN1CCOCC1)c1cccc(Br)c1. The van der Waals surface area contributed by atoms with Crippen molar-refractivity contribution in [2.24, 2.45) is 10.7 Å². The second-order valence-corrected chi connectivity index (χ2v) is 7.75. The zero-order chi connectivity index (χ0) is 17.4. The van der Waals surface area contributed by atoms with E-state index in [2.05, 4.69) is 63.2 Å². The van der Waals surface area contributed by atoms with E-state index >= 15 is 0 Å². The normalized spacial score (nSPS) is 17.0. The van der Waals surface area contributed by atoms with Gasteiger partial charge in [0.15, 0.2) is 5.96 Å². The Hall–Kier alpha value is -1.11. The van der Waals surface area contributed by atoms with E-state index in [-0.39, 0.29) is 5.41 Å². The summed E-state index contributed by atoms with van der Waals surface area (Å²) in [4.78, 5) is 6.95. The molecule has 2 rings (SSSR count). The van der Waals surface area contributed by atoms with Gasteiger partial charge in [-0.2, -0.15) is 0 Å². The van der Waals surface area contributed by atoms with Crippen LogP contribution in [0.15, 0.2) is 33.7 Å². The summed E-state index contributed by atoms with van der Waals surface area (Å²) < 4.78 is 6.44. The third kappa shape index (κ3) is 6.42. The number of rotatable bonds is 7. The van der Waals surface area contributed by atoms with Crippen molar-refractivity contribution in [1.29, 1.82) is 0 Å². The van der Waals surface area contributed by atoms with Crippen LogP contribution in [-0.4, -0.2) is 56.8 Å². The summed E-state index contributed by atoms with van der Waals surface area (Å²) in [5.74, 6) is 0.528. The molecule has 1 saturated heterocycles. The molecule has 6 heteroatoms. The van der Waals surface area contributed by atoms with Gasteiger partial charge in [-0.15, -0.1) is 0 Å². The monoisotopic (exact) mass is 396 g/mol. The number of hydrogen-bond acceptors (Lipinski definition) is 3. The fourth-order valence-electron chi connectivity index (χ4n) is 2.68. The molecule has 0 spiro atoms. The van der Waals surface area contributed by atoms with Crippen LogP contribution < -0.4 is 11.1 Å². The lowest BCUT2D eigenvalue weighted by Crippen LogP contribution is -2.39. The largest absolute Gasteiger partial charge is 0.379 e. The summed E-state index contributed by atoms with van der Waals surface area (Å²) in [6.45, 7) is 10.7. The highest BCUT2D eigenvalue weighted by atomic mass is 79.9. The first-order valence-corrected chi connectivity index (χ1v) is 9.36. The predicted octanol–water partition coefficient (Wildman–Crippen LogP) is 2.35. The average molecular weight is 397 g/mol. The van der Waals surface area contributed by atoms with Crippen molar-refractivity contribution < 1.29 is 4.74 Å². The topological polar surface area (TPSA) is 62.9 Å². The van der Waals surface area contributed by atoms with Crippen LogP contribution in [0, 0.1) is 0 Å². The van der Waals surface area contributed by atoms with Crippen LogP contribution >= 0.6 is 15.9 Å². The Morgan fingerprint density at radius 1 is 1.38 bits per heavy atom. The minimum absolute atomic E-state index is 0.0517. The molecule has 0 aliphatic carbocycles. The molecule has 0 unspecified atom stereocenters. The third-order valence-corrected chi connectivity index (χ3v) is 4.80. The van der Waals surface area contributed by atoms with Crippen LogP contribution in [0.4, 0.5) is 0 Å². The molecule has 1 heterocycles. The Balaban J connectivity index is 1.72. The Bertz CT molecular complexity index is 542. The molecule has 0 saturated carbocycles. The van der Waals surface area contributed by atoms with Gasteiger partial charge in [-0.3, -0.25) is 9.89 Å². The van der Waals surface area contributed by atoms with Crippen LogP contribution in [0.5, 0.6) is 0 Å². The lowest BCUT2D eigenvalue weighted by molar-refractivity contribution is 0.0376. The minimum atomic E-state index is -0.0517. The van der Waals surface area contributed by atoms with E-state index in [1.807, 2.05) is 6.07 Å². The van der Waals surface area contributed by atoms with Gasteiger partial charge in [0.05, 0.1) is 19.8 Å². The van der Waals surface area contributed by atoms with E-state index in [9.17, 15) is 0 Å². The van der Waals surface area contributed by atoms with E-state index in [0.29, 0.717) is 12.5 Å². The Kier molecular flexibility index (Phi) is 7.52. The highest BCUT2D eigenvalue weighted by Crippen LogP contribution is 2.25. The summed E-state index contributed by atoms with van der Waals surface area (Å²) in [5.41, 5.74) is 7.20. The van der Waals surface area contributed by atoms with Gasteiger partial charge in [0.2, 0.25) is 0 Å². The van der Waals surface area contributed by atoms with Gasteiger partial charge < -0.3 is 15.8 Å². The number of ether oxygens (including phenoxy) is 1. The van der Waals surface area contributed by atoms with Gasteiger partial charge in [0.25, 0.3) is 0 Å². The number of benzene rings is 1. The Morgan fingerprint density at radius 2 is 2.12 bits per heavy atom. The van der Waals surface area contributed by atoms with E-state index in [1.54, 1.807) is 0 Å². The summed E-state index contributed by atoms with van der Waals surface area (Å²) in [5, 5.41) is 3.22. The van der Waals surface area contributed by atoms with Crippen molar-refractivity contribution >= 4 is 21.9 Å². The lowest BCUT2D eigenvalue weighted by atomic mass is 9.85. The standard InChI is InChI=1S/C18H29BrN4O/c1-18(2,15-5-3-6-16(19)13-15)14-22-17(20)21-7-4-8-23-9-11-24-12-10-23/h3,5-6,13H,4,7-12,14H2,1-2H3,(H3,20,21,22). The predicted molar refractivity (Wildman–Crippen MR) is 104 cm³/mol. The number of aliphatic imine (C=N–C) groups is 1. The second-order valence-electron chi connectivity index (χ2n) is 6.83. The van der Waals surface area contributed by atoms with Crippen molar-refractivity contribution in [3.63, 3.8) is 0 Å². The molecule has 1 aliphatic rings. The quantitative estimate of drug-likeness (QED) is 0.421. The lowest BCUT2D eigenvalue weighted by Gasteiger charge is -2.26. The number of halogens is 1. The first kappa shape index (κ1) is 19.2. The van der Waals surface area contributed by atoms with Gasteiger partial charge in [-0.05, 0) is 30.7 Å². The molecule has 24 heavy (non-hydrogen) atoms. The maximum Gasteiger partial charge on any atom is 0.188 e. The zero-order valence-electron chi connectivity index (χ0n) is 14.7. The van der Waals surface area contributed by atoms with Crippen molar-refractivity contribution in [2.75, 3.05) is 45.9 Å². The second kappa shape index (κ2) is 9.39. The molecule has 3 N–H and O–H groups in total. The number of guanidine groups is 1. The summed E-state index contributed by atoms with van der Waals surface area (Å²) >= 11 is 3.52. The molecular weight excluding hydrogens is 368 g/mol. The zero-order valence-corrected chi connectivity index (χ0v) is 16.3. The Morgan fingerprint density at radius 3 is 2.83 bits per heavy atom. The summed E-state index contributed by atoms with van der Waals surface area (Å²) in [7, 11) is 0. The van der Waals surface area contributed by atoms with Crippen LogP contribution in [0.3, 0.4) is 0 Å². The van der Waals surface area contributed by atoms with Crippen molar-refractivity contribution in [1.82, 2.24) is 10.2 Å². The number of nitrogens with two attached hydrogens (primary N) is 1. The number of morpholine rings is 1. The van der Waals surface area contributed by atoms with Gasteiger partial charge in [0, 0.05) is 29.5 Å². The first-order valence-electron chi connectivity index (χ1n) is 8.57. The molecule has 5 nitrogen and oxygen atoms in total. The number of nitrogens with zero attached hydrogens (tertiary/aromatic N) is 2. The van der Waals surface area contributed by atoms with Gasteiger partial charge in [0.1, 0.15) is 0 Å². The molecule has 0 bridgehead atoms. The highest BCUT2D eigenvalue weighted by molar-refractivity contribution is 9.10. The van der Waals surface area contributed by atoms with Crippen molar-refractivity contribution in [3.05, 3.63) is 34.3 Å². The molecule has 0 amide bonds. The fourth-order valence-corrected chi connectivity index (χ4v) is 3.08. The molecule has 1 aromatic rings. The minimum Gasteiger partial charge on any atom is -0.379 e. The van der Waals surface area contributed by atoms with E-state index in [1.165, 1.54) is 5.56 Å². The highest BCUT2D eigenvalue weighted by Gasteiger charge is 2.20. The number of nitrogens with one attached hydrogen (secondary N) is 1. The van der Waals surface area contributed by atoms with Crippen LogP contribution in [0.2, 0.25) is 0 Å². The first-order chi connectivity index (χ1) is 11.5. The molecular formula is C18H29BrN4O. The van der Waals surface area contributed by atoms with Gasteiger partial charge in [-0.1, -0.05) is 41.9 Å². The fraction of sp³-hybridized carbons (Fsp3) is 0.611. The van der Waals surface area contributed by atoms with Gasteiger partial charge in [-0.25, -0.2) is 0 Å². The molecule has 134 valence electrons. The molecule has 1 aromatic carbocycles. The van der Waals surface area contributed by atoms with Crippen LogP contribution in [0.25, 0.3) is 0 Å². The molecule has 0 atom stereocenters.